The Bertz CT molecular complexity index is 529. The van der Waals surface area contributed by atoms with Gasteiger partial charge < -0.3 is 5.73 Å². The molecule has 1 aromatic carbocycles. The first-order valence-electron chi connectivity index (χ1n) is 5.32. The molecule has 5 heteroatoms. The number of nitrogens with two attached hydrogens (primary N) is 1. The summed E-state index contributed by atoms with van der Waals surface area (Å²) in [6.07, 6.45) is 1.82. The molecule has 0 bridgehead atoms. The first-order valence-corrected chi connectivity index (χ1v) is 6.80. The highest BCUT2D eigenvalue weighted by Gasteiger charge is 2.13. The topological polar surface area (TPSA) is 72.2 Å². The zero-order chi connectivity index (χ0) is 13.1. The summed E-state index contributed by atoms with van der Waals surface area (Å²) in [6, 6.07) is 4.68. The molecule has 1 aromatic rings. The fourth-order valence-corrected chi connectivity index (χ4v) is 2.30. The maximum absolute atomic E-state index is 11.9. The Kier molecular flexibility index (Phi) is 4.31. The highest BCUT2D eigenvalue weighted by molar-refractivity contribution is 7.89. The number of hydrogen-bond donors (Lipinski definition) is 2. The summed E-state index contributed by atoms with van der Waals surface area (Å²) < 4.78 is 26.3. The van der Waals surface area contributed by atoms with E-state index in [1.165, 1.54) is 6.07 Å². The molecule has 0 amide bonds. The lowest BCUT2D eigenvalue weighted by molar-refractivity contribution is 0.585. The zero-order valence-electron chi connectivity index (χ0n) is 10.3. The molecule has 0 fully saturated rings. The Balaban J connectivity index is 2.90. The van der Waals surface area contributed by atoms with Crippen LogP contribution in [-0.4, -0.2) is 15.0 Å². The molecule has 0 saturated carbocycles. The Morgan fingerprint density at radius 1 is 1.41 bits per heavy atom. The van der Waals surface area contributed by atoms with E-state index in [9.17, 15) is 8.42 Å². The third kappa shape index (κ3) is 3.87. The first kappa shape index (κ1) is 13.7. The van der Waals surface area contributed by atoms with Gasteiger partial charge in [-0.3, -0.25) is 0 Å². The molecule has 0 aromatic heterocycles. The molecule has 1 rings (SSSR count). The Morgan fingerprint density at radius 2 is 2.06 bits per heavy atom. The summed E-state index contributed by atoms with van der Waals surface area (Å²) in [7, 11) is -3.45. The van der Waals surface area contributed by atoms with Gasteiger partial charge >= 0.3 is 0 Å². The molecule has 94 valence electrons. The van der Waals surface area contributed by atoms with Crippen molar-refractivity contribution < 1.29 is 8.42 Å². The quantitative estimate of drug-likeness (QED) is 0.636. The third-order valence-electron chi connectivity index (χ3n) is 2.34. The van der Waals surface area contributed by atoms with Gasteiger partial charge in [-0.25, -0.2) is 13.1 Å². The summed E-state index contributed by atoms with van der Waals surface area (Å²) in [4.78, 5) is 0.242. The van der Waals surface area contributed by atoms with Gasteiger partial charge in [-0.15, -0.1) is 0 Å². The van der Waals surface area contributed by atoms with Gasteiger partial charge in [0, 0.05) is 12.2 Å². The van der Waals surface area contributed by atoms with Crippen LogP contribution in [0.3, 0.4) is 0 Å². The monoisotopic (exact) mass is 254 g/mol. The second kappa shape index (κ2) is 5.33. The van der Waals surface area contributed by atoms with E-state index in [0.717, 1.165) is 11.1 Å². The van der Waals surface area contributed by atoms with Gasteiger partial charge in [0.15, 0.2) is 0 Å². The summed E-state index contributed by atoms with van der Waals surface area (Å²) in [6.45, 7) is 5.92. The predicted octanol–water partition coefficient (Wildman–Crippen LogP) is 1.82. The second-order valence-corrected chi connectivity index (χ2v) is 5.92. The molecule has 3 N–H and O–H groups in total. The lowest BCUT2D eigenvalue weighted by Gasteiger charge is -2.07. The SMILES string of the molecule is CC(C)=CCNS(=O)(=O)c1ccc(N)c(C)c1. The number of sulfonamides is 1. The molecule has 17 heavy (non-hydrogen) atoms. The van der Waals surface area contributed by atoms with Crippen molar-refractivity contribution >= 4 is 15.7 Å². The van der Waals surface area contributed by atoms with Crippen LogP contribution in [0.15, 0.2) is 34.7 Å². The van der Waals surface area contributed by atoms with E-state index in [1.807, 2.05) is 19.9 Å². The minimum Gasteiger partial charge on any atom is -0.399 e. The van der Waals surface area contributed by atoms with Crippen LogP contribution in [0.25, 0.3) is 0 Å². The average Bonchev–Trinajstić information content (AvgIpc) is 2.21. The van der Waals surface area contributed by atoms with Crippen molar-refractivity contribution in [1.29, 1.82) is 0 Å². The van der Waals surface area contributed by atoms with Crippen LogP contribution in [0.1, 0.15) is 19.4 Å². The zero-order valence-corrected chi connectivity index (χ0v) is 11.1. The number of aryl methyl sites for hydroxylation is 1. The van der Waals surface area contributed by atoms with Crippen molar-refractivity contribution in [2.24, 2.45) is 0 Å². The van der Waals surface area contributed by atoms with Crippen LogP contribution in [0, 0.1) is 6.92 Å². The van der Waals surface area contributed by atoms with E-state index in [1.54, 1.807) is 19.1 Å². The maximum Gasteiger partial charge on any atom is 0.240 e. The van der Waals surface area contributed by atoms with Gasteiger partial charge in [-0.05, 0) is 44.5 Å². The normalized spacial score (nSPS) is 11.2. The number of hydrogen-bond acceptors (Lipinski definition) is 3. The van der Waals surface area contributed by atoms with Gasteiger partial charge in [-0.2, -0.15) is 0 Å². The van der Waals surface area contributed by atoms with E-state index in [0.29, 0.717) is 12.2 Å². The Hall–Kier alpha value is -1.33. The van der Waals surface area contributed by atoms with Crippen molar-refractivity contribution in [3.05, 3.63) is 35.4 Å². The van der Waals surface area contributed by atoms with Gasteiger partial charge in [0.2, 0.25) is 10.0 Å². The molecular formula is C12H18N2O2S. The average molecular weight is 254 g/mol. The van der Waals surface area contributed by atoms with E-state index in [2.05, 4.69) is 4.72 Å². The number of benzene rings is 1. The minimum atomic E-state index is -3.45. The largest absolute Gasteiger partial charge is 0.399 e. The van der Waals surface area contributed by atoms with Crippen LogP contribution >= 0.6 is 0 Å². The fourth-order valence-electron chi connectivity index (χ4n) is 1.25. The van der Waals surface area contributed by atoms with Crippen molar-refractivity contribution in [3.8, 4) is 0 Å². The Labute approximate surface area is 103 Å². The van der Waals surface area contributed by atoms with Gasteiger partial charge in [0.25, 0.3) is 0 Å². The Morgan fingerprint density at radius 3 is 2.59 bits per heavy atom. The summed E-state index contributed by atoms with van der Waals surface area (Å²) in [5.41, 5.74) is 8.07. The molecule has 0 heterocycles. The van der Waals surface area contributed by atoms with E-state index < -0.39 is 10.0 Å². The molecule has 0 spiro atoms. The van der Waals surface area contributed by atoms with Crippen molar-refractivity contribution in [3.63, 3.8) is 0 Å². The van der Waals surface area contributed by atoms with Crippen molar-refractivity contribution in [2.75, 3.05) is 12.3 Å². The summed E-state index contributed by atoms with van der Waals surface area (Å²) in [5.74, 6) is 0. The minimum absolute atomic E-state index is 0.242. The molecule has 0 aliphatic carbocycles. The standard InChI is InChI=1S/C12H18N2O2S/c1-9(2)6-7-14-17(15,16)11-4-5-12(13)10(3)8-11/h4-6,8,14H,7,13H2,1-3H3. The fraction of sp³-hybridized carbons (Fsp3) is 0.333. The van der Waals surface area contributed by atoms with E-state index in [-0.39, 0.29) is 4.90 Å². The van der Waals surface area contributed by atoms with Gasteiger partial charge in [0.1, 0.15) is 0 Å². The summed E-state index contributed by atoms with van der Waals surface area (Å²) in [5, 5.41) is 0. The lowest BCUT2D eigenvalue weighted by atomic mass is 10.2. The number of nitrogen functional groups attached to an aromatic ring is 1. The third-order valence-corrected chi connectivity index (χ3v) is 3.76. The lowest BCUT2D eigenvalue weighted by Crippen LogP contribution is -2.24. The molecule has 0 saturated heterocycles. The van der Waals surface area contributed by atoms with E-state index in [4.69, 9.17) is 5.73 Å². The number of nitrogens with one attached hydrogen (secondary N) is 1. The molecule has 0 atom stereocenters. The highest BCUT2D eigenvalue weighted by Crippen LogP contribution is 2.16. The second-order valence-electron chi connectivity index (χ2n) is 4.15. The molecular weight excluding hydrogens is 236 g/mol. The number of anilines is 1. The van der Waals surface area contributed by atoms with Gasteiger partial charge in [-0.1, -0.05) is 11.6 Å². The summed E-state index contributed by atoms with van der Waals surface area (Å²) >= 11 is 0. The number of rotatable bonds is 4. The van der Waals surface area contributed by atoms with Crippen LogP contribution in [0.4, 0.5) is 5.69 Å². The smallest absolute Gasteiger partial charge is 0.240 e. The maximum atomic E-state index is 11.9. The van der Waals surface area contributed by atoms with Crippen molar-refractivity contribution in [2.45, 2.75) is 25.7 Å². The molecule has 0 aliphatic rings. The van der Waals surface area contributed by atoms with Crippen molar-refractivity contribution in [1.82, 2.24) is 4.72 Å². The predicted molar refractivity (Wildman–Crippen MR) is 70.2 cm³/mol. The molecule has 0 radical (unpaired) electrons. The first-order chi connectivity index (χ1) is 7.83. The van der Waals surface area contributed by atoms with E-state index >= 15 is 0 Å². The van der Waals surface area contributed by atoms with Crippen LogP contribution in [-0.2, 0) is 10.0 Å². The van der Waals surface area contributed by atoms with Gasteiger partial charge in [0.05, 0.1) is 4.90 Å². The number of allylic oxidation sites excluding steroid dienone is 1. The molecule has 0 aliphatic heterocycles. The van der Waals surface area contributed by atoms with Crippen LogP contribution in [0.2, 0.25) is 0 Å². The van der Waals surface area contributed by atoms with Crippen LogP contribution < -0.4 is 10.5 Å². The molecule has 0 unspecified atom stereocenters. The van der Waals surface area contributed by atoms with Crippen LogP contribution in [0.5, 0.6) is 0 Å². The molecule has 4 nitrogen and oxygen atoms in total. The highest BCUT2D eigenvalue weighted by atomic mass is 32.2.